The second-order valence-corrected chi connectivity index (χ2v) is 17.5. The largest absolute Gasteiger partial charge is 0.733 e. The van der Waals surface area contributed by atoms with E-state index >= 15 is 0 Å². The third-order valence-electron chi connectivity index (χ3n) is 14.7. The summed E-state index contributed by atoms with van der Waals surface area (Å²) in [6.45, 7) is 17.4. The Kier molecular flexibility index (Phi) is 7.68. The maximum absolute atomic E-state index is 14.7. The molecule has 1 aromatic rings. The fourth-order valence-corrected chi connectivity index (χ4v) is 11.8. The third-order valence-corrected chi connectivity index (χ3v) is 14.7. The molecule has 0 aromatic heterocycles. The lowest BCUT2D eigenvalue weighted by molar-refractivity contribution is -0.210. The highest BCUT2D eigenvalue weighted by molar-refractivity contribution is 5.98. The maximum Gasteiger partial charge on any atom is 0.302 e. The van der Waals surface area contributed by atoms with Crippen LogP contribution < -0.4 is 10.5 Å². The minimum absolute atomic E-state index is 0.000874. The number of benzene rings is 1. The molecular formula is C38H53N2O6-. The number of anilines is 2. The van der Waals surface area contributed by atoms with Gasteiger partial charge in [-0.15, -0.1) is 0 Å². The number of hydrogen-bond donors (Lipinski definition) is 2. The highest BCUT2D eigenvalue weighted by Gasteiger charge is 2.70. The van der Waals surface area contributed by atoms with Gasteiger partial charge in [0.25, 0.3) is 0 Å². The Bertz CT molecular complexity index is 1480. The van der Waals surface area contributed by atoms with Gasteiger partial charge in [-0.2, -0.15) is 0 Å². The number of carbonyl (C=O) groups excluding carboxylic acids is 3. The van der Waals surface area contributed by atoms with E-state index in [-0.39, 0.29) is 85.2 Å². The standard InChI is InChI=1S/C38H53N2O6/c1-23(41)46-30-14-15-36(6)29(33(30,2)3)13-16-38(8)31(36)28(42)21-24-25-22-35(5,18-17-34(25,4)19-20-37(24,38)7)32(43)39-26-11-9-10-12-27(26)40(44)45/h9-12,21,25,29-31,44H,13-20,22H2,1-8H3,(H,39,43)/q-1/t25-,29+,30+,31+,34-,35+,36+,37-,38+/m0/s1. The van der Waals surface area contributed by atoms with Gasteiger partial charge in [0.1, 0.15) is 6.10 Å². The van der Waals surface area contributed by atoms with Crippen molar-refractivity contribution in [3.63, 3.8) is 0 Å². The second kappa shape index (κ2) is 10.6. The molecule has 4 saturated carbocycles. The van der Waals surface area contributed by atoms with Crippen molar-refractivity contribution in [1.82, 2.24) is 0 Å². The number of fused-ring (bicyclic) bond motifs is 7. The molecule has 46 heavy (non-hydrogen) atoms. The molecule has 5 aliphatic carbocycles. The summed E-state index contributed by atoms with van der Waals surface area (Å²) in [6.07, 6.45) is 9.74. The molecule has 2 N–H and O–H groups in total. The van der Waals surface area contributed by atoms with Gasteiger partial charge in [-0.1, -0.05) is 66.2 Å². The summed E-state index contributed by atoms with van der Waals surface area (Å²) in [5.74, 6) is 0.0709. The summed E-state index contributed by atoms with van der Waals surface area (Å²) < 4.78 is 5.86. The van der Waals surface area contributed by atoms with Crippen LogP contribution in [0, 0.1) is 55.5 Å². The summed E-state index contributed by atoms with van der Waals surface area (Å²) in [5.41, 5.74) is -0.0246. The van der Waals surface area contributed by atoms with Crippen LogP contribution in [0.15, 0.2) is 35.9 Å². The molecule has 4 fully saturated rings. The molecule has 6 rings (SSSR count). The van der Waals surface area contributed by atoms with E-state index in [2.05, 4.69) is 46.9 Å². The molecular weight excluding hydrogens is 580 g/mol. The van der Waals surface area contributed by atoms with Crippen molar-refractivity contribution in [3.8, 4) is 0 Å². The first kappa shape index (κ1) is 33.2. The normalized spacial score (nSPS) is 42.7. The number of rotatable bonds is 4. The average Bonchev–Trinajstić information content (AvgIpc) is 2.96. The van der Waals surface area contributed by atoms with E-state index in [1.807, 2.05) is 13.0 Å². The minimum atomic E-state index is -0.705. The van der Waals surface area contributed by atoms with Gasteiger partial charge in [0, 0.05) is 23.7 Å². The van der Waals surface area contributed by atoms with Gasteiger partial charge in [-0.05, 0) is 109 Å². The van der Waals surface area contributed by atoms with Gasteiger partial charge in [-0.25, -0.2) is 0 Å². The van der Waals surface area contributed by atoms with E-state index in [1.54, 1.807) is 18.2 Å². The Morgan fingerprint density at radius 1 is 0.957 bits per heavy atom. The molecule has 0 heterocycles. The van der Waals surface area contributed by atoms with Crippen molar-refractivity contribution in [3.05, 3.63) is 41.1 Å². The van der Waals surface area contributed by atoms with Crippen molar-refractivity contribution in [2.24, 2.45) is 50.2 Å². The Morgan fingerprint density at radius 3 is 2.30 bits per heavy atom. The van der Waals surface area contributed by atoms with Crippen LogP contribution in [0.1, 0.15) is 113 Å². The topological polar surface area (TPSA) is 119 Å². The number of ether oxygens (including phenoxy) is 1. The number of nitrogens with zero attached hydrogens (tertiary/aromatic N) is 1. The smallest absolute Gasteiger partial charge is 0.302 e. The molecule has 8 nitrogen and oxygen atoms in total. The van der Waals surface area contributed by atoms with Crippen LogP contribution in [0.5, 0.6) is 0 Å². The number of hydrogen-bond acceptors (Lipinski definition) is 7. The van der Waals surface area contributed by atoms with Crippen LogP contribution in [-0.2, 0) is 19.1 Å². The van der Waals surface area contributed by atoms with E-state index in [4.69, 9.17) is 4.74 Å². The van der Waals surface area contributed by atoms with Crippen molar-refractivity contribution in [1.29, 1.82) is 0 Å². The van der Waals surface area contributed by atoms with Gasteiger partial charge >= 0.3 is 5.97 Å². The molecule has 0 radical (unpaired) electrons. The Labute approximate surface area is 274 Å². The van der Waals surface area contributed by atoms with Gasteiger partial charge in [0.2, 0.25) is 5.91 Å². The van der Waals surface area contributed by atoms with E-state index in [0.717, 1.165) is 44.9 Å². The Balaban J connectivity index is 1.34. The van der Waals surface area contributed by atoms with E-state index in [9.17, 15) is 24.8 Å². The van der Waals surface area contributed by atoms with Gasteiger partial charge in [-0.3, -0.25) is 19.6 Å². The number of nitrogens with one attached hydrogen (secondary N) is 1. The fourth-order valence-electron chi connectivity index (χ4n) is 11.8. The third kappa shape index (κ3) is 4.63. The first-order valence-corrected chi connectivity index (χ1v) is 17.3. The number of esters is 1. The van der Waals surface area contributed by atoms with Gasteiger partial charge < -0.3 is 20.5 Å². The summed E-state index contributed by atoms with van der Waals surface area (Å²) in [7, 11) is 0. The summed E-state index contributed by atoms with van der Waals surface area (Å²) in [6, 6.07) is 6.47. The van der Waals surface area contributed by atoms with Gasteiger partial charge in [0.05, 0.1) is 11.4 Å². The molecule has 8 heteroatoms. The average molecular weight is 634 g/mol. The highest BCUT2D eigenvalue weighted by Crippen LogP contribution is 2.75. The SMILES string of the molecule is CC(=O)O[C@@H]1CC[C@]2(C)[C@H](CC[C@]3(C)[C@@H]2C(=O)C=C2[C@@H]4C[C@](C)(C(=O)Nc5ccccc5N([O-])O)CC[C@@]4(C)CC[C@@]23C)C1(C)C. The zero-order chi connectivity index (χ0) is 33.7. The first-order valence-electron chi connectivity index (χ1n) is 17.3. The van der Waals surface area contributed by atoms with E-state index in [0.29, 0.717) is 12.8 Å². The maximum atomic E-state index is 14.7. The summed E-state index contributed by atoms with van der Waals surface area (Å²) >= 11 is 0. The van der Waals surface area contributed by atoms with Crippen molar-refractivity contribution >= 4 is 29.0 Å². The van der Waals surface area contributed by atoms with E-state index in [1.165, 1.54) is 18.6 Å². The molecule has 0 aliphatic heterocycles. The lowest BCUT2D eigenvalue weighted by Gasteiger charge is -2.70. The molecule has 252 valence electrons. The lowest BCUT2D eigenvalue weighted by atomic mass is 9.33. The van der Waals surface area contributed by atoms with Crippen LogP contribution in [0.2, 0.25) is 0 Å². The predicted octanol–water partition coefficient (Wildman–Crippen LogP) is 8.23. The number of carbonyl (C=O) groups is 3. The van der Waals surface area contributed by atoms with Crippen LogP contribution in [0.25, 0.3) is 0 Å². The number of para-hydroxylation sites is 2. The molecule has 0 unspecified atom stereocenters. The van der Waals surface area contributed by atoms with E-state index < -0.39 is 5.41 Å². The monoisotopic (exact) mass is 633 g/mol. The predicted molar refractivity (Wildman–Crippen MR) is 178 cm³/mol. The lowest BCUT2D eigenvalue weighted by Crippen LogP contribution is -2.66. The number of amides is 1. The molecule has 0 bridgehead atoms. The van der Waals surface area contributed by atoms with Crippen LogP contribution in [0.3, 0.4) is 0 Å². The van der Waals surface area contributed by atoms with Crippen LogP contribution in [0.4, 0.5) is 11.4 Å². The zero-order valence-corrected chi connectivity index (χ0v) is 29.0. The molecule has 9 atom stereocenters. The summed E-state index contributed by atoms with van der Waals surface area (Å²) in [5, 5.41) is 24.1. The van der Waals surface area contributed by atoms with Crippen molar-refractivity contribution in [2.75, 3.05) is 10.5 Å². The molecule has 1 aromatic carbocycles. The second-order valence-electron chi connectivity index (χ2n) is 17.5. The number of allylic oxidation sites excluding steroid dienone is 2. The van der Waals surface area contributed by atoms with Crippen LogP contribution in [-0.4, -0.2) is 29.0 Å². The fraction of sp³-hybridized carbons (Fsp3) is 0.711. The first-order chi connectivity index (χ1) is 21.3. The molecule has 0 spiro atoms. The Morgan fingerprint density at radius 2 is 1.63 bits per heavy atom. The minimum Gasteiger partial charge on any atom is -0.733 e. The van der Waals surface area contributed by atoms with Crippen LogP contribution >= 0.6 is 0 Å². The molecule has 0 saturated heterocycles. The molecule has 1 amide bonds. The van der Waals surface area contributed by atoms with Gasteiger partial charge in [0.15, 0.2) is 5.78 Å². The highest BCUT2D eigenvalue weighted by atomic mass is 16.8. The quantitative estimate of drug-likeness (QED) is 0.253. The van der Waals surface area contributed by atoms with Crippen molar-refractivity contribution < 1.29 is 24.3 Å². The van der Waals surface area contributed by atoms with Crippen molar-refractivity contribution in [2.45, 2.75) is 119 Å². The zero-order valence-electron chi connectivity index (χ0n) is 29.0. The number of ketones is 1. The molecule has 5 aliphatic rings. The Hall–Kier alpha value is -2.71. The summed E-state index contributed by atoms with van der Waals surface area (Å²) in [4.78, 5) is 40.6.